The fourth-order valence-electron chi connectivity index (χ4n) is 2.60. The molecule has 1 saturated heterocycles. The van der Waals surface area contributed by atoms with E-state index >= 15 is 0 Å². The molecule has 5 N–H and O–H groups in total. The number of methoxy groups -OCH3 is 1. The van der Waals surface area contributed by atoms with Gasteiger partial charge in [-0.2, -0.15) is 0 Å². The van der Waals surface area contributed by atoms with Crippen molar-refractivity contribution in [2.45, 2.75) is 6.42 Å². The van der Waals surface area contributed by atoms with Crippen molar-refractivity contribution in [3.8, 4) is 5.75 Å². The summed E-state index contributed by atoms with van der Waals surface area (Å²) >= 11 is 0. The molecular weight excluding hydrogens is 320 g/mol. The van der Waals surface area contributed by atoms with E-state index < -0.39 is 0 Å². The Morgan fingerprint density at radius 1 is 1.44 bits per heavy atom. The molecule has 25 heavy (non-hydrogen) atoms. The predicted octanol–water partition coefficient (Wildman–Crippen LogP) is 1.27. The lowest BCUT2D eigenvalue weighted by atomic mass is 10.2. The number of nitrogens with two attached hydrogens (primary N) is 1. The molecule has 1 aliphatic rings. The zero-order valence-electron chi connectivity index (χ0n) is 14.8. The number of likely N-dealkylation sites (N-methyl/N-ethyl adjacent to an activating group) is 1. The highest BCUT2D eigenvalue weighted by atomic mass is 16.5. The SMILES string of the molecule is C=CC(=O)Nc1cc(NC(=N)N)c(OC)cc1N(C)CCN1CCC1. The average Bonchev–Trinajstić information content (AvgIpc) is 2.52. The molecule has 1 fully saturated rings. The maximum Gasteiger partial charge on any atom is 0.247 e. The quantitative estimate of drug-likeness (QED) is 0.321. The van der Waals surface area contributed by atoms with Crippen molar-refractivity contribution < 1.29 is 9.53 Å². The molecule has 2 rings (SSSR count). The molecular formula is C17H26N6O2. The molecule has 1 aromatic carbocycles. The number of carbonyl (C=O) groups is 1. The molecule has 0 saturated carbocycles. The van der Waals surface area contributed by atoms with E-state index in [0.29, 0.717) is 17.1 Å². The van der Waals surface area contributed by atoms with Gasteiger partial charge in [0, 0.05) is 26.2 Å². The van der Waals surface area contributed by atoms with E-state index in [9.17, 15) is 4.79 Å². The van der Waals surface area contributed by atoms with Crippen LogP contribution in [-0.2, 0) is 4.79 Å². The summed E-state index contributed by atoms with van der Waals surface area (Å²) in [5.74, 6) is 0.0205. The van der Waals surface area contributed by atoms with Crippen LogP contribution in [0.5, 0.6) is 5.75 Å². The van der Waals surface area contributed by atoms with Crippen LogP contribution in [0.3, 0.4) is 0 Å². The third-order valence-electron chi connectivity index (χ3n) is 4.14. The lowest BCUT2D eigenvalue weighted by Crippen LogP contribution is -2.42. The summed E-state index contributed by atoms with van der Waals surface area (Å²) in [6.07, 6.45) is 2.47. The Balaban J connectivity index is 2.30. The van der Waals surface area contributed by atoms with E-state index in [-0.39, 0.29) is 11.9 Å². The van der Waals surface area contributed by atoms with Crippen molar-refractivity contribution in [2.75, 3.05) is 55.9 Å². The lowest BCUT2D eigenvalue weighted by Gasteiger charge is -2.33. The third-order valence-corrected chi connectivity index (χ3v) is 4.14. The van der Waals surface area contributed by atoms with E-state index in [2.05, 4.69) is 27.0 Å². The molecule has 136 valence electrons. The van der Waals surface area contributed by atoms with Crippen molar-refractivity contribution in [3.63, 3.8) is 0 Å². The van der Waals surface area contributed by atoms with Crippen LogP contribution in [0.1, 0.15) is 6.42 Å². The number of guanidine groups is 1. The second-order valence-corrected chi connectivity index (χ2v) is 5.92. The maximum atomic E-state index is 11.8. The van der Waals surface area contributed by atoms with Gasteiger partial charge >= 0.3 is 0 Å². The van der Waals surface area contributed by atoms with Gasteiger partial charge < -0.3 is 30.9 Å². The number of ether oxygens (including phenoxy) is 1. The van der Waals surface area contributed by atoms with Crippen LogP contribution < -0.4 is 26.0 Å². The first-order valence-corrected chi connectivity index (χ1v) is 8.14. The molecule has 0 unspecified atom stereocenters. The number of carbonyl (C=O) groups excluding carboxylic acids is 1. The minimum Gasteiger partial charge on any atom is -0.494 e. The van der Waals surface area contributed by atoms with Crippen LogP contribution in [0.2, 0.25) is 0 Å². The second-order valence-electron chi connectivity index (χ2n) is 5.92. The van der Waals surface area contributed by atoms with E-state index in [4.69, 9.17) is 15.9 Å². The normalized spacial score (nSPS) is 13.5. The van der Waals surface area contributed by atoms with Gasteiger partial charge in [-0.3, -0.25) is 10.2 Å². The number of nitrogens with one attached hydrogen (secondary N) is 3. The molecule has 1 aromatic rings. The Hall–Kier alpha value is -2.74. The van der Waals surface area contributed by atoms with Gasteiger partial charge in [0.25, 0.3) is 0 Å². The van der Waals surface area contributed by atoms with Gasteiger partial charge in [0.2, 0.25) is 5.91 Å². The number of hydrogen-bond acceptors (Lipinski definition) is 5. The van der Waals surface area contributed by atoms with Crippen LogP contribution in [-0.4, -0.2) is 57.1 Å². The van der Waals surface area contributed by atoms with Gasteiger partial charge in [0.15, 0.2) is 5.96 Å². The highest BCUT2D eigenvalue weighted by Crippen LogP contribution is 2.36. The van der Waals surface area contributed by atoms with Gasteiger partial charge in [-0.15, -0.1) is 0 Å². The van der Waals surface area contributed by atoms with Crippen molar-refractivity contribution in [1.29, 1.82) is 5.41 Å². The monoisotopic (exact) mass is 346 g/mol. The standard InChI is InChI=1S/C17H26N6O2/c1-4-16(24)20-12-10-13(21-17(18)19)15(25-3)11-14(12)22(2)8-9-23-6-5-7-23/h4,10-11H,1,5-9H2,2-3H3,(H,20,24)(H4,18,19,21). The van der Waals surface area contributed by atoms with Crippen molar-refractivity contribution >= 4 is 28.9 Å². The minimum absolute atomic E-state index is 0.210. The van der Waals surface area contributed by atoms with Crippen LogP contribution in [0.25, 0.3) is 0 Å². The van der Waals surface area contributed by atoms with E-state index in [1.165, 1.54) is 12.5 Å². The van der Waals surface area contributed by atoms with Crippen LogP contribution >= 0.6 is 0 Å². The van der Waals surface area contributed by atoms with Gasteiger partial charge in [0.1, 0.15) is 5.75 Å². The zero-order chi connectivity index (χ0) is 18.4. The molecule has 0 aromatic heterocycles. The lowest BCUT2D eigenvalue weighted by molar-refractivity contribution is -0.111. The Labute approximate surface area is 148 Å². The van der Waals surface area contributed by atoms with E-state index in [1.807, 2.05) is 13.1 Å². The molecule has 0 bridgehead atoms. The number of anilines is 3. The Kier molecular flexibility index (Phi) is 6.24. The van der Waals surface area contributed by atoms with Crippen molar-refractivity contribution in [3.05, 3.63) is 24.8 Å². The van der Waals surface area contributed by atoms with Gasteiger partial charge in [0.05, 0.1) is 24.2 Å². The average molecular weight is 346 g/mol. The largest absolute Gasteiger partial charge is 0.494 e. The fraction of sp³-hybridized carbons (Fsp3) is 0.412. The molecule has 8 heteroatoms. The molecule has 0 radical (unpaired) electrons. The van der Waals surface area contributed by atoms with Crippen LogP contribution in [0, 0.1) is 5.41 Å². The molecule has 8 nitrogen and oxygen atoms in total. The Morgan fingerprint density at radius 3 is 2.68 bits per heavy atom. The number of rotatable bonds is 8. The molecule has 1 amide bonds. The number of benzene rings is 1. The fourth-order valence-corrected chi connectivity index (χ4v) is 2.60. The van der Waals surface area contributed by atoms with Crippen molar-refractivity contribution in [1.82, 2.24) is 4.90 Å². The smallest absolute Gasteiger partial charge is 0.247 e. The summed E-state index contributed by atoms with van der Waals surface area (Å²) in [7, 11) is 3.52. The van der Waals surface area contributed by atoms with Gasteiger partial charge in [-0.05, 0) is 31.7 Å². The van der Waals surface area contributed by atoms with Crippen LogP contribution in [0.15, 0.2) is 24.8 Å². The molecule has 0 atom stereocenters. The Bertz CT molecular complexity index is 657. The molecule has 1 heterocycles. The minimum atomic E-state index is -0.309. The molecule has 0 aliphatic carbocycles. The number of nitrogens with zero attached hydrogens (tertiary/aromatic N) is 2. The molecule has 1 aliphatic heterocycles. The first kappa shape index (κ1) is 18.6. The second kappa shape index (κ2) is 8.39. The van der Waals surface area contributed by atoms with Crippen LogP contribution in [0.4, 0.5) is 17.1 Å². The number of amides is 1. The first-order valence-electron chi connectivity index (χ1n) is 8.14. The number of hydrogen-bond donors (Lipinski definition) is 4. The van der Waals surface area contributed by atoms with Gasteiger partial charge in [-0.25, -0.2) is 0 Å². The maximum absolute atomic E-state index is 11.8. The van der Waals surface area contributed by atoms with E-state index in [0.717, 1.165) is 31.9 Å². The van der Waals surface area contributed by atoms with E-state index in [1.54, 1.807) is 13.2 Å². The predicted molar refractivity (Wildman–Crippen MR) is 102 cm³/mol. The Morgan fingerprint density at radius 2 is 2.16 bits per heavy atom. The summed E-state index contributed by atoms with van der Waals surface area (Å²) in [6, 6.07) is 3.52. The zero-order valence-corrected chi connectivity index (χ0v) is 14.8. The summed E-state index contributed by atoms with van der Waals surface area (Å²) in [5, 5.41) is 12.9. The van der Waals surface area contributed by atoms with Gasteiger partial charge in [-0.1, -0.05) is 6.58 Å². The number of likely N-dealkylation sites (tertiary alicyclic amines) is 1. The summed E-state index contributed by atoms with van der Waals surface area (Å²) in [6.45, 7) is 7.54. The third kappa shape index (κ3) is 4.87. The summed E-state index contributed by atoms with van der Waals surface area (Å²) in [5.41, 5.74) is 7.35. The topological polar surface area (TPSA) is 107 Å². The summed E-state index contributed by atoms with van der Waals surface area (Å²) in [4.78, 5) is 16.2. The highest BCUT2D eigenvalue weighted by Gasteiger charge is 2.18. The highest BCUT2D eigenvalue weighted by molar-refractivity contribution is 6.03. The van der Waals surface area contributed by atoms with Crippen molar-refractivity contribution in [2.24, 2.45) is 5.73 Å². The molecule has 0 spiro atoms. The first-order chi connectivity index (χ1) is 11.9. The summed E-state index contributed by atoms with van der Waals surface area (Å²) < 4.78 is 5.40.